The van der Waals surface area contributed by atoms with Crippen molar-refractivity contribution in [2.45, 2.75) is 0 Å². The van der Waals surface area contributed by atoms with Crippen molar-refractivity contribution < 1.29 is 0 Å². The van der Waals surface area contributed by atoms with Gasteiger partial charge >= 0.3 is 7.87 Å². The zero-order valence-electron chi connectivity index (χ0n) is 24.1. The van der Waals surface area contributed by atoms with Gasteiger partial charge in [0.15, 0.2) is 0 Å². The van der Waals surface area contributed by atoms with Gasteiger partial charge in [0, 0.05) is 20.4 Å². The molecular formula is C17H51ClN10P5+. The lowest BCUT2D eigenvalue weighted by molar-refractivity contribution is 0.566. The molecule has 0 heterocycles. The number of hydrogen-bond donors (Lipinski definition) is 0. The van der Waals surface area contributed by atoms with Crippen LogP contribution < -0.4 is 0 Å². The summed E-state index contributed by atoms with van der Waals surface area (Å²) in [6, 6.07) is 0. The highest BCUT2D eigenvalue weighted by molar-refractivity contribution is 7.95. The SMILES string of the molecule is CN(C)P(C)(=N[P+](N=P(C)(C)C)(N=P(C)(N(C)C)N(C)C)N=P(Cl)(N(C)C)N(C)C)N(C)C. The average molecular weight is 586 g/mol. The monoisotopic (exact) mass is 585 g/mol. The summed E-state index contributed by atoms with van der Waals surface area (Å²) >= 11 is 7.32. The fourth-order valence-electron chi connectivity index (χ4n) is 2.63. The molecule has 0 fully saturated rings. The van der Waals surface area contributed by atoms with Crippen LogP contribution in [0, 0.1) is 0 Å². The lowest BCUT2D eigenvalue weighted by atomic mass is 11.3. The number of nitrogens with zero attached hydrogens (tertiary/aromatic N) is 10. The van der Waals surface area contributed by atoms with Gasteiger partial charge in [0.05, 0.1) is 0 Å². The van der Waals surface area contributed by atoms with Crippen molar-refractivity contribution in [3.05, 3.63) is 0 Å². The Morgan fingerprint density at radius 3 is 0.909 bits per heavy atom. The van der Waals surface area contributed by atoms with Gasteiger partial charge in [-0.2, -0.15) is 0 Å². The zero-order chi connectivity index (χ0) is 26.8. The van der Waals surface area contributed by atoms with Gasteiger partial charge in [-0.15, -0.1) is 0 Å². The van der Waals surface area contributed by atoms with Crippen molar-refractivity contribution in [3.8, 4) is 0 Å². The fraction of sp³-hybridized carbons (Fsp3) is 1.00. The topological polar surface area (TPSA) is 68.9 Å². The summed E-state index contributed by atoms with van der Waals surface area (Å²) in [7, 11) is 15.5. The van der Waals surface area contributed by atoms with Gasteiger partial charge in [-0.1, -0.05) is 4.52 Å². The molecule has 0 spiro atoms. The van der Waals surface area contributed by atoms with Gasteiger partial charge in [0.25, 0.3) is 0 Å². The largest absolute Gasteiger partial charge is 0.495 e. The minimum absolute atomic E-state index is 1.70. The molecule has 0 radical (unpaired) electrons. The van der Waals surface area contributed by atoms with E-state index in [9.17, 15) is 0 Å². The van der Waals surface area contributed by atoms with Gasteiger partial charge in [-0.3, -0.25) is 18.7 Å². The molecule has 0 amide bonds. The maximum Gasteiger partial charge on any atom is 0.495 e. The molecule has 0 rings (SSSR count). The van der Waals surface area contributed by atoms with E-state index in [2.05, 4.69) is 108 Å². The molecule has 0 aliphatic rings. The van der Waals surface area contributed by atoms with Crippen molar-refractivity contribution >= 4 is 47.6 Å². The molecule has 0 N–H and O–H groups in total. The fourth-order valence-corrected chi connectivity index (χ4v) is 20.0. The minimum Gasteiger partial charge on any atom is -0.261 e. The molecule has 0 aromatic heterocycles. The number of halogens is 1. The van der Waals surface area contributed by atoms with Crippen LogP contribution in [0.2, 0.25) is 0 Å². The second-order valence-corrected chi connectivity index (χ2v) is 28.6. The Morgan fingerprint density at radius 2 is 0.727 bits per heavy atom. The van der Waals surface area contributed by atoms with Crippen LogP contribution in [0.1, 0.15) is 0 Å². The third kappa shape index (κ3) is 8.74. The average Bonchev–Trinajstić information content (AvgIpc) is 2.58. The Bertz CT molecular complexity index is 751. The van der Waals surface area contributed by atoms with Crippen molar-refractivity contribution in [1.29, 1.82) is 0 Å². The van der Waals surface area contributed by atoms with Crippen molar-refractivity contribution in [1.82, 2.24) is 28.0 Å². The quantitative estimate of drug-likeness (QED) is 0.268. The molecule has 0 aliphatic carbocycles. The predicted molar refractivity (Wildman–Crippen MR) is 162 cm³/mol. The molecule has 0 saturated heterocycles. The Morgan fingerprint density at radius 1 is 0.455 bits per heavy atom. The molecule has 0 atom stereocenters. The Hall–Kier alpha value is 1.40. The standard InChI is InChI=1S/C17H51ClN10P5/c1-23(2)30(16,24(3)4)20-33(19-29(13,14)15,21-31(17,25(5)6)26(7)8)22-32(18,27(9)10)28(11)12/h1-17H3/q+1. The molecule has 0 aromatic carbocycles. The van der Waals surface area contributed by atoms with Crippen LogP contribution in [0.25, 0.3) is 0 Å². The molecule has 0 aliphatic heterocycles. The summed E-state index contributed by atoms with van der Waals surface area (Å²) in [5, 5.41) is 0. The van der Waals surface area contributed by atoms with Crippen LogP contribution in [0.5, 0.6) is 0 Å². The normalized spacial score (nSPS) is 14.8. The first-order chi connectivity index (χ1) is 14.5. The first-order valence-electron chi connectivity index (χ1n) is 10.6. The van der Waals surface area contributed by atoms with Crippen molar-refractivity contribution in [2.24, 2.45) is 18.1 Å². The van der Waals surface area contributed by atoms with Crippen LogP contribution in [-0.2, 0) is 0 Å². The van der Waals surface area contributed by atoms with Gasteiger partial charge in [0.2, 0.25) is 6.71 Å². The van der Waals surface area contributed by atoms with E-state index >= 15 is 0 Å². The lowest BCUT2D eigenvalue weighted by Crippen LogP contribution is -2.22. The van der Waals surface area contributed by atoms with E-state index in [-0.39, 0.29) is 0 Å². The molecular weight excluding hydrogens is 535 g/mol. The molecule has 200 valence electrons. The maximum absolute atomic E-state index is 7.32. The van der Waals surface area contributed by atoms with Crippen LogP contribution in [0.4, 0.5) is 0 Å². The van der Waals surface area contributed by atoms with Gasteiger partial charge < -0.3 is 0 Å². The van der Waals surface area contributed by atoms with E-state index in [0.29, 0.717) is 0 Å². The summed E-state index contributed by atoms with van der Waals surface area (Å²) in [5.74, 6) is 0. The third-order valence-corrected chi connectivity index (χ3v) is 25.4. The van der Waals surface area contributed by atoms with Crippen molar-refractivity contribution in [2.75, 3.05) is 118 Å². The minimum atomic E-state index is -2.99. The highest BCUT2D eigenvalue weighted by Crippen LogP contribution is 2.84. The molecule has 0 aromatic rings. The molecule has 0 unspecified atom stereocenters. The smallest absolute Gasteiger partial charge is 0.261 e. The summed E-state index contributed by atoms with van der Waals surface area (Å²) in [6.45, 7) is 8.39. The first kappa shape index (κ1) is 34.4. The van der Waals surface area contributed by atoms with E-state index in [4.69, 9.17) is 29.3 Å². The van der Waals surface area contributed by atoms with Gasteiger partial charge in [-0.05, 0) is 129 Å². The molecule has 16 heteroatoms. The van der Waals surface area contributed by atoms with Gasteiger partial charge in [-0.25, -0.2) is 9.34 Å². The summed E-state index contributed by atoms with van der Waals surface area (Å²) < 4.78 is 34.9. The number of hydrogen-bond acceptors (Lipinski definition) is 4. The third-order valence-electron chi connectivity index (χ3n) is 5.25. The molecule has 0 saturated carbocycles. The zero-order valence-corrected chi connectivity index (χ0v) is 29.3. The second kappa shape index (κ2) is 12.3. The molecule has 10 nitrogen and oxygen atoms in total. The molecule has 33 heavy (non-hydrogen) atoms. The van der Waals surface area contributed by atoms with E-state index in [1.54, 1.807) is 0 Å². The van der Waals surface area contributed by atoms with E-state index in [0.717, 1.165) is 0 Å². The predicted octanol–water partition coefficient (Wildman–Crippen LogP) is 6.63. The first-order valence-corrected chi connectivity index (χ1v) is 22.0. The Labute approximate surface area is 211 Å². The number of rotatable bonds is 10. The van der Waals surface area contributed by atoms with E-state index < -0.39 is 36.3 Å². The Balaban J connectivity index is 8.42. The van der Waals surface area contributed by atoms with Crippen LogP contribution in [0.3, 0.4) is 0 Å². The molecule has 0 bridgehead atoms. The second-order valence-electron chi connectivity index (χ2n) is 10.2. The van der Waals surface area contributed by atoms with E-state index in [1.165, 1.54) is 0 Å². The summed E-state index contributed by atoms with van der Waals surface area (Å²) in [4.78, 5) is 0. The Kier molecular flexibility index (Phi) is 12.8. The van der Waals surface area contributed by atoms with E-state index in [1.807, 2.05) is 37.5 Å². The van der Waals surface area contributed by atoms with Crippen LogP contribution in [0.15, 0.2) is 18.1 Å². The maximum atomic E-state index is 7.32. The lowest BCUT2D eigenvalue weighted by Gasteiger charge is -2.35. The summed E-state index contributed by atoms with van der Waals surface area (Å²) in [6.07, 6.45) is 0. The van der Waals surface area contributed by atoms with Gasteiger partial charge in [0.1, 0.15) is 14.7 Å². The van der Waals surface area contributed by atoms with Crippen LogP contribution >= 0.6 is 47.6 Å². The highest BCUT2D eigenvalue weighted by atomic mass is 35.7. The van der Waals surface area contributed by atoms with Crippen molar-refractivity contribution in [3.63, 3.8) is 0 Å². The highest BCUT2D eigenvalue weighted by Gasteiger charge is 2.50. The summed E-state index contributed by atoms with van der Waals surface area (Å²) in [5.41, 5.74) is 0. The van der Waals surface area contributed by atoms with Crippen LogP contribution in [-0.4, -0.2) is 146 Å².